The number of rotatable bonds is 4. The topological polar surface area (TPSA) is 0 Å². The van der Waals surface area contributed by atoms with Crippen molar-refractivity contribution in [1.82, 2.24) is 0 Å². The highest BCUT2D eigenvalue weighted by molar-refractivity contribution is 7.17. The average Bonchev–Trinajstić information content (AvgIpc) is 1.82. The summed E-state index contributed by atoms with van der Waals surface area (Å²) in [5.74, 6) is -0.278. The number of hydrogen-bond donors (Lipinski definition) is 0. The van der Waals surface area contributed by atoms with Crippen molar-refractivity contribution in [2.75, 3.05) is 0 Å². The van der Waals surface area contributed by atoms with Crippen LogP contribution >= 0.6 is 9.24 Å². The Kier molecular flexibility index (Phi) is 4.89. The van der Waals surface area contributed by atoms with Gasteiger partial charge in [-0.25, -0.2) is 4.39 Å². The molecule has 0 aliphatic heterocycles. The van der Waals surface area contributed by atoms with Gasteiger partial charge in [-0.15, -0.1) is 0 Å². The fraction of sp³-hybridized carbons (Fsp3) is 0.750. The normalized spacial score (nSPS) is 13.7. The van der Waals surface area contributed by atoms with Crippen LogP contribution in [0.1, 0.15) is 26.7 Å². The maximum atomic E-state index is 12.4. The van der Waals surface area contributed by atoms with Crippen LogP contribution in [0.25, 0.3) is 0 Å². The quantitative estimate of drug-likeness (QED) is 0.440. The fourth-order valence-corrected chi connectivity index (χ4v) is 0.779. The molecule has 0 saturated heterocycles. The van der Waals surface area contributed by atoms with E-state index in [1.54, 1.807) is 0 Å². The molecule has 0 aliphatic carbocycles. The first kappa shape index (κ1) is 10.1. The summed E-state index contributed by atoms with van der Waals surface area (Å²) in [5, 5.41) is 0. The van der Waals surface area contributed by atoms with E-state index in [2.05, 4.69) is 29.7 Å². The molecule has 0 saturated carbocycles. The average molecular weight is 162 g/mol. The molecule has 0 aliphatic rings. The molecule has 2 atom stereocenters. The maximum Gasteiger partial charge on any atom is 0.134 e. The molecule has 0 aromatic carbocycles. The van der Waals surface area contributed by atoms with E-state index in [0.29, 0.717) is 11.5 Å². The standard InChI is InChI=1S/C8H16FP/c1-6(2)4-5-7(3)8(9)10/h6,8H,3-5,10H2,1-2H3. The van der Waals surface area contributed by atoms with E-state index >= 15 is 0 Å². The first-order valence-electron chi connectivity index (χ1n) is 3.61. The van der Waals surface area contributed by atoms with Crippen molar-refractivity contribution >= 4 is 9.24 Å². The van der Waals surface area contributed by atoms with Gasteiger partial charge in [-0.1, -0.05) is 29.7 Å². The molecule has 0 heterocycles. The lowest BCUT2D eigenvalue weighted by molar-refractivity contribution is 0.475. The van der Waals surface area contributed by atoms with E-state index in [1.165, 1.54) is 0 Å². The summed E-state index contributed by atoms with van der Waals surface area (Å²) in [6.45, 7) is 7.89. The zero-order chi connectivity index (χ0) is 8.15. The highest BCUT2D eigenvalue weighted by atomic mass is 31.0. The van der Waals surface area contributed by atoms with Crippen LogP contribution in [0.2, 0.25) is 0 Å². The van der Waals surface area contributed by atoms with E-state index in [1.807, 2.05) is 0 Å². The predicted molar refractivity (Wildman–Crippen MR) is 47.8 cm³/mol. The Morgan fingerprint density at radius 3 is 2.40 bits per heavy atom. The molecule has 0 N–H and O–H groups in total. The van der Waals surface area contributed by atoms with Crippen molar-refractivity contribution in [2.24, 2.45) is 5.92 Å². The van der Waals surface area contributed by atoms with Crippen LogP contribution in [0.5, 0.6) is 0 Å². The summed E-state index contributed by atoms with van der Waals surface area (Å²) >= 11 is 0. The second-order valence-electron chi connectivity index (χ2n) is 2.99. The summed E-state index contributed by atoms with van der Waals surface area (Å²) in [6.07, 6.45) is 1.84. The van der Waals surface area contributed by atoms with Crippen LogP contribution in [0, 0.1) is 5.92 Å². The molecule has 0 spiro atoms. The van der Waals surface area contributed by atoms with E-state index < -0.39 is 5.91 Å². The van der Waals surface area contributed by atoms with Crippen LogP contribution in [-0.4, -0.2) is 5.91 Å². The highest BCUT2D eigenvalue weighted by Crippen LogP contribution is 2.19. The molecule has 0 radical (unpaired) electrons. The molecule has 2 unspecified atom stereocenters. The zero-order valence-electron chi connectivity index (χ0n) is 6.73. The van der Waals surface area contributed by atoms with Crippen molar-refractivity contribution in [2.45, 2.75) is 32.6 Å². The lowest BCUT2D eigenvalue weighted by Crippen LogP contribution is -1.95. The number of halogens is 1. The van der Waals surface area contributed by atoms with E-state index in [9.17, 15) is 4.39 Å². The molecule has 0 rings (SSSR count). The fourth-order valence-electron chi connectivity index (χ4n) is 0.612. The van der Waals surface area contributed by atoms with Gasteiger partial charge >= 0.3 is 0 Å². The Balaban J connectivity index is 3.40. The van der Waals surface area contributed by atoms with Gasteiger partial charge in [0.25, 0.3) is 0 Å². The SMILES string of the molecule is C=C(CCC(C)C)C(F)P. The minimum absolute atomic E-state index is 0.639. The van der Waals surface area contributed by atoms with Crippen LogP contribution in [0.15, 0.2) is 12.2 Å². The van der Waals surface area contributed by atoms with Gasteiger partial charge in [-0.2, -0.15) is 0 Å². The van der Waals surface area contributed by atoms with Crippen LogP contribution in [0.3, 0.4) is 0 Å². The monoisotopic (exact) mass is 162 g/mol. The molecule has 0 aromatic rings. The van der Waals surface area contributed by atoms with Gasteiger partial charge in [0, 0.05) is 0 Å². The van der Waals surface area contributed by atoms with Crippen molar-refractivity contribution in [3.05, 3.63) is 12.2 Å². The minimum Gasteiger partial charge on any atom is -0.238 e. The molecular weight excluding hydrogens is 146 g/mol. The second-order valence-corrected chi connectivity index (χ2v) is 3.58. The predicted octanol–water partition coefficient (Wildman–Crippen LogP) is 3.15. The third kappa shape index (κ3) is 4.93. The highest BCUT2D eigenvalue weighted by Gasteiger charge is 2.04. The van der Waals surface area contributed by atoms with E-state index in [-0.39, 0.29) is 0 Å². The Bertz CT molecular complexity index is 108. The molecule has 0 amide bonds. The smallest absolute Gasteiger partial charge is 0.134 e. The van der Waals surface area contributed by atoms with Gasteiger partial charge in [0.1, 0.15) is 5.91 Å². The first-order valence-corrected chi connectivity index (χ1v) is 4.28. The Morgan fingerprint density at radius 2 is 2.10 bits per heavy atom. The molecule has 0 nitrogen and oxygen atoms in total. The molecule has 0 aromatic heterocycles. The summed E-state index contributed by atoms with van der Waals surface area (Å²) in [5.41, 5.74) is 0.693. The molecular formula is C8H16FP. The van der Waals surface area contributed by atoms with Crippen molar-refractivity contribution < 1.29 is 4.39 Å². The first-order chi connectivity index (χ1) is 4.54. The minimum atomic E-state index is -0.918. The summed E-state index contributed by atoms with van der Waals surface area (Å²) in [6, 6.07) is 0. The van der Waals surface area contributed by atoms with Crippen molar-refractivity contribution in [3.63, 3.8) is 0 Å². The third-order valence-electron chi connectivity index (χ3n) is 1.43. The van der Waals surface area contributed by atoms with Gasteiger partial charge in [0.15, 0.2) is 0 Å². The van der Waals surface area contributed by atoms with Crippen LogP contribution in [-0.2, 0) is 0 Å². The largest absolute Gasteiger partial charge is 0.238 e. The van der Waals surface area contributed by atoms with Gasteiger partial charge in [0.05, 0.1) is 0 Å². The van der Waals surface area contributed by atoms with E-state index in [0.717, 1.165) is 12.8 Å². The molecule has 2 heteroatoms. The van der Waals surface area contributed by atoms with Crippen LogP contribution < -0.4 is 0 Å². The second kappa shape index (κ2) is 4.85. The lowest BCUT2D eigenvalue weighted by atomic mass is 10.0. The Morgan fingerprint density at radius 1 is 1.60 bits per heavy atom. The number of alkyl halides is 1. The van der Waals surface area contributed by atoms with Crippen LogP contribution in [0.4, 0.5) is 4.39 Å². The molecule has 10 heavy (non-hydrogen) atoms. The van der Waals surface area contributed by atoms with Crippen molar-refractivity contribution in [3.8, 4) is 0 Å². The summed E-state index contributed by atoms with van der Waals surface area (Å²) in [7, 11) is 2.11. The maximum absolute atomic E-state index is 12.4. The molecule has 0 bridgehead atoms. The van der Waals surface area contributed by atoms with Gasteiger partial charge in [-0.3, -0.25) is 0 Å². The van der Waals surface area contributed by atoms with E-state index in [4.69, 9.17) is 0 Å². The van der Waals surface area contributed by atoms with Gasteiger partial charge < -0.3 is 0 Å². The van der Waals surface area contributed by atoms with Crippen molar-refractivity contribution in [1.29, 1.82) is 0 Å². The number of hydrogen-bond acceptors (Lipinski definition) is 0. The number of allylic oxidation sites excluding steroid dienone is 1. The van der Waals surface area contributed by atoms with Gasteiger partial charge in [-0.05, 0) is 24.3 Å². The zero-order valence-corrected chi connectivity index (χ0v) is 7.89. The summed E-state index contributed by atoms with van der Waals surface area (Å²) in [4.78, 5) is 0. The van der Waals surface area contributed by atoms with Gasteiger partial charge in [0.2, 0.25) is 0 Å². The Labute approximate surface area is 65.1 Å². The third-order valence-corrected chi connectivity index (χ3v) is 1.90. The molecule has 0 fully saturated rings. The lowest BCUT2D eigenvalue weighted by Gasteiger charge is -2.07. The summed E-state index contributed by atoms with van der Waals surface area (Å²) < 4.78 is 12.4. The molecule has 60 valence electrons. The Hall–Kier alpha value is 0.100.